The minimum atomic E-state index is -0.874. The number of rotatable bonds is 3. The first-order valence-electron chi connectivity index (χ1n) is 7.46. The molecule has 5 nitrogen and oxygen atoms in total. The molecule has 2 bridgehead atoms. The van der Waals surface area contributed by atoms with Crippen LogP contribution < -0.4 is 5.32 Å². The van der Waals surface area contributed by atoms with Crippen molar-refractivity contribution in [3.63, 3.8) is 0 Å². The molecule has 0 radical (unpaired) electrons. The summed E-state index contributed by atoms with van der Waals surface area (Å²) in [5.41, 5.74) is 0. The smallest absolute Gasteiger partial charge is 0.327 e. The third-order valence-corrected chi connectivity index (χ3v) is 6.05. The Morgan fingerprint density at radius 2 is 1.95 bits per heavy atom. The molecule has 2 N–H and O–H groups in total. The van der Waals surface area contributed by atoms with E-state index in [1.54, 1.807) is 16.7 Å². The van der Waals surface area contributed by atoms with E-state index in [0.29, 0.717) is 30.2 Å². The molecule has 0 aliphatic carbocycles. The van der Waals surface area contributed by atoms with Gasteiger partial charge in [0.25, 0.3) is 0 Å². The Bertz CT molecular complexity index is 405. The molecule has 0 aromatic heterocycles. The number of amides is 1. The van der Waals surface area contributed by atoms with Crippen molar-refractivity contribution in [3.8, 4) is 0 Å². The number of hydrogen-bond acceptors (Lipinski definition) is 4. The Labute approximate surface area is 123 Å². The van der Waals surface area contributed by atoms with Crippen LogP contribution in [0.25, 0.3) is 0 Å². The van der Waals surface area contributed by atoms with Gasteiger partial charge in [0.05, 0.1) is 5.37 Å². The van der Waals surface area contributed by atoms with Gasteiger partial charge in [0.1, 0.15) is 6.04 Å². The second-order valence-corrected chi connectivity index (χ2v) is 7.62. The molecule has 0 saturated carbocycles. The zero-order valence-corrected chi connectivity index (χ0v) is 12.6. The number of fused-ring (bicyclic) bond motifs is 2. The molecule has 0 aromatic rings. The lowest BCUT2D eigenvalue weighted by Crippen LogP contribution is -2.46. The fourth-order valence-corrected chi connectivity index (χ4v) is 5.09. The fourth-order valence-electron chi connectivity index (χ4n) is 3.91. The molecule has 3 heterocycles. The molecule has 3 saturated heterocycles. The summed E-state index contributed by atoms with van der Waals surface area (Å²) in [6.45, 7) is 1.93. The molecule has 0 spiro atoms. The van der Waals surface area contributed by atoms with Gasteiger partial charge in [0, 0.05) is 24.3 Å². The van der Waals surface area contributed by atoms with Gasteiger partial charge in [-0.3, -0.25) is 4.79 Å². The SMILES string of the molecule is CC1SCC(C(=O)O)N1C(=O)CC1CC2CCC(C1)N2. The molecule has 1 amide bonds. The number of carbonyl (C=O) groups excluding carboxylic acids is 1. The molecule has 3 rings (SSSR count). The number of aliphatic carboxylic acids is 1. The number of piperidine rings is 1. The summed E-state index contributed by atoms with van der Waals surface area (Å²) in [7, 11) is 0. The highest BCUT2D eigenvalue weighted by Gasteiger charge is 2.41. The van der Waals surface area contributed by atoms with Crippen LogP contribution in [0.15, 0.2) is 0 Å². The average molecular weight is 298 g/mol. The quantitative estimate of drug-likeness (QED) is 0.821. The lowest BCUT2D eigenvalue weighted by Gasteiger charge is -2.31. The van der Waals surface area contributed by atoms with Gasteiger partial charge in [-0.1, -0.05) is 0 Å². The zero-order chi connectivity index (χ0) is 14.3. The average Bonchev–Trinajstić information content (AvgIpc) is 2.92. The summed E-state index contributed by atoms with van der Waals surface area (Å²) in [5, 5.41) is 12.8. The molecule has 20 heavy (non-hydrogen) atoms. The van der Waals surface area contributed by atoms with E-state index in [2.05, 4.69) is 5.32 Å². The van der Waals surface area contributed by atoms with Gasteiger partial charge in [-0.2, -0.15) is 0 Å². The van der Waals surface area contributed by atoms with Gasteiger partial charge in [0.15, 0.2) is 0 Å². The Morgan fingerprint density at radius 3 is 2.55 bits per heavy atom. The van der Waals surface area contributed by atoms with E-state index in [9.17, 15) is 14.7 Å². The summed E-state index contributed by atoms with van der Waals surface area (Å²) < 4.78 is 0. The highest BCUT2D eigenvalue weighted by Crippen LogP contribution is 2.35. The predicted molar refractivity (Wildman–Crippen MR) is 77.5 cm³/mol. The van der Waals surface area contributed by atoms with Crippen LogP contribution in [0.1, 0.15) is 39.0 Å². The van der Waals surface area contributed by atoms with E-state index in [1.807, 2.05) is 6.92 Å². The Kier molecular flexibility index (Phi) is 3.95. The first-order valence-corrected chi connectivity index (χ1v) is 8.51. The van der Waals surface area contributed by atoms with Crippen molar-refractivity contribution >= 4 is 23.6 Å². The monoisotopic (exact) mass is 298 g/mol. The number of hydrogen-bond donors (Lipinski definition) is 2. The van der Waals surface area contributed by atoms with Crippen LogP contribution in [0, 0.1) is 5.92 Å². The van der Waals surface area contributed by atoms with Crippen molar-refractivity contribution in [2.45, 2.75) is 62.5 Å². The molecule has 3 fully saturated rings. The molecule has 0 aromatic carbocycles. The van der Waals surface area contributed by atoms with Gasteiger partial charge in [-0.05, 0) is 38.5 Å². The summed E-state index contributed by atoms with van der Waals surface area (Å²) in [6.07, 6.45) is 5.10. The molecule has 112 valence electrons. The highest BCUT2D eigenvalue weighted by molar-refractivity contribution is 8.00. The van der Waals surface area contributed by atoms with Crippen molar-refractivity contribution in [1.29, 1.82) is 0 Å². The summed E-state index contributed by atoms with van der Waals surface area (Å²) in [6, 6.07) is 0.514. The standard InChI is InChI=1S/C14H22N2O3S/c1-8-16(12(7-20-8)14(18)19)13(17)6-9-4-10-2-3-11(5-9)15-10/h8-12,15H,2-7H2,1H3,(H,18,19). The Hall–Kier alpha value is -0.750. The molecule has 3 aliphatic rings. The Morgan fingerprint density at radius 1 is 1.30 bits per heavy atom. The minimum Gasteiger partial charge on any atom is -0.480 e. The number of carboxylic acids is 1. The zero-order valence-electron chi connectivity index (χ0n) is 11.7. The summed E-state index contributed by atoms with van der Waals surface area (Å²) in [4.78, 5) is 25.3. The first-order chi connectivity index (χ1) is 9.54. The lowest BCUT2D eigenvalue weighted by molar-refractivity contribution is -0.149. The third-order valence-electron chi connectivity index (χ3n) is 4.83. The van der Waals surface area contributed by atoms with Crippen LogP contribution in [0.2, 0.25) is 0 Å². The number of nitrogens with one attached hydrogen (secondary N) is 1. The fraction of sp³-hybridized carbons (Fsp3) is 0.857. The number of thioether (sulfide) groups is 1. The Balaban J connectivity index is 1.62. The maximum absolute atomic E-state index is 12.5. The van der Waals surface area contributed by atoms with Crippen molar-refractivity contribution in [1.82, 2.24) is 10.2 Å². The van der Waals surface area contributed by atoms with Gasteiger partial charge in [-0.15, -0.1) is 11.8 Å². The molecular weight excluding hydrogens is 276 g/mol. The summed E-state index contributed by atoms with van der Waals surface area (Å²) >= 11 is 1.56. The van der Waals surface area contributed by atoms with Crippen molar-refractivity contribution in [3.05, 3.63) is 0 Å². The second-order valence-electron chi connectivity index (χ2n) is 6.27. The topological polar surface area (TPSA) is 69.6 Å². The predicted octanol–water partition coefficient (Wildman–Crippen LogP) is 1.28. The molecule has 3 aliphatic heterocycles. The third kappa shape index (κ3) is 2.68. The molecule has 4 atom stereocenters. The van der Waals surface area contributed by atoms with E-state index in [4.69, 9.17) is 0 Å². The molecule has 4 unspecified atom stereocenters. The number of carbonyl (C=O) groups is 2. The summed E-state index contributed by atoms with van der Waals surface area (Å²) in [5.74, 6) is 0.0926. The highest BCUT2D eigenvalue weighted by atomic mass is 32.2. The van der Waals surface area contributed by atoms with Crippen LogP contribution in [0.3, 0.4) is 0 Å². The van der Waals surface area contributed by atoms with Gasteiger partial charge in [0.2, 0.25) is 5.91 Å². The van der Waals surface area contributed by atoms with E-state index in [1.165, 1.54) is 12.8 Å². The van der Waals surface area contributed by atoms with Gasteiger partial charge in [-0.25, -0.2) is 4.79 Å². The van der Waals surface area contributed by atoms with Crippen molar-refractivity contribution < 1.29 is 14.7 Å². The first kappa shape index (κ1) is 14.2. The second kappa shape index (κ2) is 5.56. The van der Waals surface area contributed by atoms with Crippen LogP contribution in [0.4, 0.5) is 0 Å². The van der Waals surface area contributed by atoms with E-state index >= 15 is 0 Å². The van der Waals surface area contributed by atoms with Gasteiger partial charge < -0.3 is 15.3 Å². The van der Waals surface area contributed by atoms with E-state index in [0.717, 1.165) is 12.8 Å². The minimum absolute atomic E-state index is 0.0120. The largest absolute Gasteiger partial charge is 0.480 e. The number of carboxylic acid groups (broad SMARTS) is 1. The van der Waals surface area contributed by atoms with Crippen LogP contribution >= 0.6 is 11.8 Å². The molecule has 6 heteroatoms. The van der Waals surface area contributed by atoms with Gasteiger partial charge >= 0.3 is 5.97 Å². The normalized spacial score (nSPS) is 40.0. The maximum atomic E-state index is 12.5. The van der Waals surface area contributed by atoms with Crippen LogP contribution in [0.5, 0.6) is 0 Å². The van der Waals surface area contributed by atoms with E-state index < -0.39 is 12.0 Å². The van der Waals surface area contributed by atoms with Crippen molar-refractivity contribution in [2.24, 2.45) is 5.92 Å². The maximum Gasteiger partial charge on any atom is 0.327 e. The van der Waals surface area contributed by atoms with Crippen LogP contribution in [-0.2, 0) is 9.59 Å². The van der Waals surface area contributed by atoms with E-state index in [-0.39, 0.29) is 11.3 Å². The van der Waals surface area contributed by atoms with Crippen molar-refractivity contribution in [2.75, 3.05) is 5.75 Å². The molecular formula is C14H22N2O3S. The van der Waals surface area contributed by atoms with Crippen LogP contribution in [-0.4, -0.2) is 51.1 Å². The number of nitrogens with zero attached hydrogens (tertiary/aromatic N) is 1. The lowest BCUT2D eigenvalue weighted by atomic mass is 9.89.